The molecular weight excluding hydrogens is 282 g/mol. The summed E-state index contributed by atoms with van der Waals surface area (Å²) in [5.41, 5.74) is 0.0665. The third-order valence-electron chi connectivity index (χ3n) is 3.65. The van der Waals surface area contributed by atoms with Gasteiger partial charge in [0.05, 0.1) is 12.7 Å². The highest BCUT2D eigenvalue weighted by Crippen LogP contribution is 2.39. The van der Waals surface area contributed by atoms with Crippen LogP contribution in [0.2, 0.25) is 0 Å². The highest BCUT2D eigenvalue weighted by atomic mass is 16.3. The lowest BCUT2D eigenvalue weighted by molar-refractivity contribution is -0.138. The van der Waals surface area contributed by atoms with E-state index in [0.717, 1.165) is 5.56 Å². The Bertz CT molecular complexity index is 761. The molecule has 0 saturated heterocycles. The minimum absolute atomic E-state index is 0.313. The minimum atomic E-state index is -1.83. The van der Waals surface area contributed by atoms with Crippen LogP contribution >= 0.6 is 0 Å². The Morgan fingerprint density at radius 2 is 2.23 bits per heavy atom. The molecule has 0 saturated carbocycles. The van der Waals surface area contributed by atoms with Crippen molar-refractivity contribution >= 4 is 23.5 Å². The third kappa shape index (κ3) is 2.46. The van der Waals surface area contributed by atoms with Crippen LogP contribution in [0, 0.1) is 6.92 Å². The number of ketones is 1. The fourth-order valence-electron chi connectivity index (χ4n) is 2.51. The number of carbonyl (C=O) groups is 2. The molecule has 0 aliphatic carbocycles. The van der Waals surface area contributed by atoms with Gasteiger partial charge in [0.15, 0.2) is 11.4 Å². The van der Waals surface area contributed by atoms with Crippen molar-refractivity contribution in [3.63, 3.8) is 0 Å². The molecule has 0 radical (unpaired) electrons. The molecule has 5 heteroatoms. The van der Waals surface area contributed by atoms with Gasteiger partial charge in [-0.3, -0.25) is 9.59 Å². The maximum Gasteiger partial charge on any atom is 0.261 e. The van der Waals surface area contributed by atoms with Crippen LogP contribution in [-0.2, 0) is 15.2 Å². The number of amides is 1. The van der Waals surface area contributed by atoms with Crippen LogP contribution < -0.4 is 5.32 Å². The summed E-state index contributed by atoms with van der Waals surface area (Å²) in [6.45, 7) is 1.86. The second-order valence-electron chi connectivity index (χ2n) is 5.36. The molecule has 5 nitrogen and oxygen atoms in total. The first-order valence-electron chi connectivity index (χ1n) is 6.88. The number of hydrogen-bond acceptors (Lipinski definition) is 4. The van der Waals surface area contributed by atoms with Gasteiger partial charge < -0.3 is 14.8 Å². The molecule has 2 heterocycles. The topological polar surface area (TPSA) is 79.5 Å². The third-order valence-corrected chi connectivity index (χ3v) is 3.65. The van der Waals surface area contributed by atoms with E-state index in [0.29, 0.717) is 17.0 Å². The maximum atomic E-state index is 12.1. The Balaban J connectivity index is 1.83. The second-order valence-corrected chi connectivity index (χ2v) is 5.36. The standard InChI is InChI=1S/C17H15NO4/c1-11-4-7-15-14(9-11)17(21,16(20)18-15)10-12(19)5-6-13-3-2-8-22-13/h2-9,21H,10H2,1H3,(H,18,20). The van der Waals surface area contributed by atoms with E-state index in [1.165, 1.54) is 18.4 Å². The van der Waals surface area contributed by atoms with Gasteiger partial charge >= 0.3 is 0 Å². The fourth-order valence-corrected chi connectivity index (χ4v) is 2.51. The molecule has 3 rings (SSSR count). The van der Waals surface area contributed by atoms with Crippen molar-refractivity contribution in [1.29, 1.82) is 0 Å². The lowest BCUT2D eigenvalue weighted by atomic mass is 9.89. The van der Waals surface area contributed by atoms with Crippen LogP contribution in [0.5, 0.6) is 0 Å². The monoisotopic (exact) mass is 297 g/mol. The second kappa shape index (κ2) is 5.27. The van der Waals surface area contributed by atoms with Gasteiger partial charge in [-0.2, -0.15) is 0 Å². The molecule has 1 amide bonds. The molecule has 2 N–H and O–H groups in total. The molecule has 1 aromatic carbocycles. The maximum absolute atomic E-state index is 12.1. The number of rotatable bonds is 4. The molecular formula is C17H15NO4. The van der Waals surface area contributed by atoms with Crippen LogP contribution in [-0.4, -0.2) is 16.8 Å². The summed E-state index contributed by atoms with van der Waals surface area (Å²) in [4.78, 5) is 24.1. The molecule has 22 heavy (non-hydrogen) atoms. The lowest BCUT2D eigenvalue weighted by Crippen LogP contribution is -2.36. The number of carbonyl (C=O) groups excluding carboxylic acids is 2. The van der Waals surface area contributed by atoms with Crippen LogP contribution in [0.3, 0.4) is 0 Å². The average molecular weight is 297 g/mol. The molecule has 0 spiro atoms. The van der Waals surface area contributed by atoms with Crippen molar-refractivity contribution < 1.29 is 19.1 Å². The summed E-state index contributed by atoms with van der Waals surface area (Å²) in [5, 5.41) is 13.3. The van der Waals surface area contributed by atoms with Gasteiger partial charge in [0, 0.05) is 11.3 Å². The zero-order valence-electron chi connectivity index (χ0n) is 12.0. The number of anilines is 1. The van der Waals surface area contributed by atoms with E-state index in [2.05, 4.69) is 5.32 Å². The van der Waals surface area contributed by atoms with Gasteiger partial charge in [0.2, 0.25) is 0 Å². The number of nitrogens with one attached hydrogen (secondary N) is 1. The summed E-state index contributed by atoms with van der Waals surface area (Å²) in [6.07, 6.45) is 4.00. The number of aliphatic hydroxyl groups is 1. The first kappa shape index (κ1) is 14.3. The number of fused-ring (bicyclic) bond motifs is 1. The molecule has 1 aliphatic rings. The van der Waals surface area contributed by atoms with Gasteiger partial charge in [-0.15, -0.1) is 0 Å². The summed E-state index contributed by atoms with van der Waals surface area (Å²) < 4.78 is 5.09. The quantitative estimate of drug-likeness (QED) is 0.849. The van der Waals surface area contributed by atoms with E-state index >= 15 is 0 Å². The Morgan fingerprint density at radius 3 is 2.95 bits per heavy atom. The highest BCUT2D eigenvalue weighted by Gasteiger charge is 2.46. The van der Waals surface area contributed by atoms with Crippen LogP contribution in [0.25, 0.3) is 6.08 Å². The minimum Gasteiger partial charge on any atom is -0.465 e. The van der Waals surface area contributed by atoms with Gasteiger partial charge in [-0.1, -0.05) is 17.7 Å². The zero-order chi connectivity index (χ0) is 15.7. The number of aryl methyl sites for hydroxylation is 1. The van der Waals surface area contributed by atoms with Gasteiger partial charge in [0.1, 0.15) is 5.76 Å². The van der Waals surface area contributed by atoms with Crippen molar-refractivity contribution in [3.05, 3.63) is 59.6 Å². The number of hydrogen-bond donors (Lipinski definition) is 2. The van der Waals surface area contributed by atoms with Crippen molar-refractivity contribution in [2.45, 2.75) is 18.9 Å². The Labute approximate surface area is 127 Å². The van der Waals surface area contributed by atoms with E-state index in [9.17, 15) is 14.7 Å². The summed E-state index contributed by atoms with van der Waals surface area (Å²) in [6, 6.07) is 8.70. The number of furan rings is 1. The first-order valence-corrected chi connectivity index (χ1v) is 6.88. The zero-order valence-corrected chi connectivity index (χ0v) is 12.0. The van der Waals surface area contributed by atoms with Gasteiger partial charge in [-0.25, -0.2) is 0 Å². The summed E-state index contributed by atoms with van der Waals surface area (Å²) >= 11 is 0. The summed E-state index contributed by atoms with van der Waals surface area (Å²) in [5.74, 6) is -0.399. The largest absolute Gasteiger partial charge is 0.465 e. The predicted molar refractivity (Wildman–Crippen MR) is 81.1 cm³/mol. The van der Waals surface area contributed by atoms with Crippen LogP contribution in [0.1, 0.15) is 23.3 Å². The van der Waals surface area contributed by atoms with E-state index in [4.69, 9.17) is 4.42 Å². The Hall–Kier alpha value is -2.66. The van der Waals surface area contributed by atoms with Gasteiger partial charge in [0.25, 0.3) is 5.91 Å². The molecule has 0 bridgehead atoms. The lowest BCUT2D eigenvalue weighted by Gasteiger charge is -2.19. The normalized spacial score (nSPS) is 20.2. The van der Waals surface area contributed by atoms with Crippen molar-refractivity contribution in [2.75, 3.05) is 5.32 Å². The van der Waals surface area contributed by atoms with E-state index in [1.807, 2.05) is 13.0 Å². The summed E-state index contributed by atoms with van der Waals surface area (Å²) in [7, 11) is 0. The highest BCUT2D eigenvalue weighted by molar-refractivity contribution is 6.08. The van der Waals surface area contributed by atoms with E-state index in [1.54, 1.807) is 24.3 Å². The van der Waals surface area contributed by atoms with Crippen LogP contribution in [0.15, 0.2) is 47.1 Å². The predicted octanol–water partition coefficient (Wildman–Crippen LogP) is 2.40. The fraction of sp³-hybridized carbons (Fsp3) is 0.176. The molecule has 1 aromatic heterocycles. The van der Waals surface area contributed by atoms with Crippen molar-refractivity contribution in [2.24, 2.45) is 0 Å². The molecule has 1 atom stereocenters. The molecule has 2 aromatic rings. The van der Waals surface area contributed by atoms with Crippen molar-refractivity contribution in [1.82, 2.24) is 0 Å². The van der Waals surface area contributed by atoms with E-state index < -0.39 is 11.5 Å². The molecule has 1 unspecified atom stereocenters. The Kier molecular flexibility index (Phi) is 3.42. The Morgan fingerprint density at radius 1 is 1.41 bits per heavy atom. The number of allylic oxidation sites excluding steroid dienone is 1. The smallest absolute Gasteiger partial charge is 0.261 e. The first-order chi connectivity index (χ1) is 10.5. The van der Waals surface area contributed by atoms with E-state index in [-0.39, 0.29) is 12.2 Å². The molecule has 0 fully saturated rings. The SMILES string of the molecule is Cc1ccc2c(c1)C(O)(CC(=O)C=Cc1ccco1)C(=O)N2. The average Bonchev–Trinajstić information content (AvgIpc) is 3.06. The van der Waals surface area contributed by atoms with Gasteiger partial charge in [-0.05, 0) is 37.3 Å². The number of benzene rings is 1. The molecule has 112 valence electrons. The van der Waals surface area contributed by atoms with Crippen LogP contribution in [0.4, 0.5) is 5.69 Å². The van der Waals surface area contributed by atoms with Crippen molar-refractivity contribution in [3.8, 4) is 0 Å². The molecule has 1 aliphatic heterocycles.